The Morgan fingerprint density at radius 1 is 1.03 bits per heavy atom. The SMILES string of the molecule is C.C.C.C#CC1=C(/C=C\C=C)C2(CCCC2)C2=CC=CC(C)(C)C=C21.CC.CC. The summed E-state index contributed by atoms with van der Waals surface area (Å²) in [4.78, 5) is 0. The summed E-state index contributed by atoms with van der Waals surface area (Å²) >= 11 is 0. The van der Waals surface area contributed by atoms with Crippen molar-refractivity contribution in [2.24, 2.45) is 10.8 Å². The second-order valence-electron chi connectivity index (χ2n) is 7.14. The average Bonchev–Trinajstić information content (AvgIpc) is 3.17. The van der Waals surface area contributed by atoms with Gasteiger partial charge in [-0.3, -0.25) is 0 Å². The van der Waals surface area contributed by atoms with Crippen LogP contribution in [0.5, 0.6) is 0 Å². The van der Waals surface area contributed by atoms with Crippen LogP contribution < -0.4 is 0 Å². The Morgan fingerprint density at radius 2 is 1.59 bits per heavy atom. The van der Waals surface area contributed by atoms with E-state index in [9.17, 15) is 0 Å². The molecule has 0 heteroatoms. The highest BCUT2D eigenvalue weighted by Crippen LogP contribution is 2.60. The van der Waals surface area contributed by atoms with Gasteiger partial charge in [-0.2, -0.15) is 0 Å². The molecule has 0 heterocycles. The van der Waals surface area contributed by atoms with Gasteiger partial charge in [-0.05, 0) is 29.6 Å². The van der Waals surface area contributed by atoms with E-state index in [4.69, 9.17) is 6.42 Å². The van der Waals surface area contributed by atoms with Crippen LogP contribution in [-0.4, -0.2) is 0 Å². The van der Waals surface area contributed by atoms with Gasteiger partial charge < -0.3 is 0 Å². The molecule has 0 amide bonds. The van der Waals surface area contributed by atoms with Crippen molar-refractivity contribution >= 4 is 0 Å². The van der Waals surface area contributed by atoms with Crippen LogP contribution in [0.4, 0.5) is 0 Å². The molecule has 0 nitrogen and oxygen atoms in total. The molecule has 3 aliphatic rings. The minimum absolute atomic E-state index is 0. The van der Waals surface area contributed by atoms with E-state index in [1.54, 1.807) is 0 Å². The van der Waals surface area contributed by atoms with Gasteiger partial charge in [-0.25, -0.2) is 0 Å². The lowest BCUT2D eigenvalue weighted by Gasteiger charge is -2.28. The number of hydrogen-bond donors (Lipinski definition) is 0. The smallest absolute Gasteiger partial charge is 0.0356 e. The molecule has 3 rings (SSSR count). The molecule has 0 atom stereocenters. The summed E-state index contributed by atoms with van der Waals surface area (Å²) in [5, 5.41) is 0. The van der Waals surface area contributed by atoms with Crippen LogP contribution in [0.25, 0.3) is 0 Å². The largest absolute Gasteiger partial charge is 0.115 e. The highest BCUT2D eigenvalue weighted by Gasteiger charge is 2.47. The number of terminal acetylenes is 1. The van der Waals surface area contributed by atoms with Gasteiger partial charge in [0.25, 0.3) is 0 Å². The molecule has 1 spiro atoms. The minimum atomic E-state index is 0. The van der Waals surface area contributed by atoms with E-state index >= 15 is 0 Å². The Hall–Kier alpha value is -2.00. The second-order valence-corrected chi connectivity index (χ2v) is 7.14. The number of hydrogen-bond acceptors (Lipinski definition) is 0. The van der Waals surface area contributed by atoms with Gasteiger partial charge in [0.15, 0.2) is 0 Å². The van der Waals surface area contributed by atoms with Gasteiger partial charge in [0, 0.05) is 16.4 Å². The molecule has 0 aromatic heterocycles. The van der Waals surface area contributed by atoms with Crippen LogP contribution in [0.1, 0.15) is 89.5 Å². The Morgan fingerprint density at radius 3 is 2.07 bits per heavy atom. The summed E-state index contributed by atoms with van der Waals surface area (Å²) in [5.41, 5.74) is 5.29. The van der Waals surface area contributed by atoms with E-state index in [1.165, 1.54) is 42.4 Å². The van der Waals surface area contributed by atoms with Gasteiger partial charge in [-0.1, -0.05) is 132 Å². The van der Waals surface area contributed by atoms with Crippen LogP contribution in [0.15, 0.2) is 71.4 Å². The zero-order valence-corrected chi connectivity index (χ0v) is 17.7. The Kier molecular flexibility index (Phi) is 15.4. The quantitative estimate of drug-likeness (QED) is 0.322. The molecule has 0 N–H and O–H groups in total. The number of fused-ring (bicyclic) bond motifs is 2. The first-order valence-electron chi connectivity index (χ1n) is 10.2. The van der Waals surface area contributed by atoms with Crippen LogP contribution in [0.3, 0.4) is 0 Å². The first-order chi connectivity index (χ1) is 12.5. The molecule has 164 valence electrons. The standard InChI is InChI=1S/C22H24.2C2H6.3CH4/c1-5-7-11-19-17(6-2)18-16-21(3,4)13-10-12-20(18)22(19)14-8-9-15-22;2*1-2;;;/h2,5,7,10-13,16H,1,8-9,14-15H2,3-4H3;2*1-2H3;3*1H4/b11-7-;;;;;. The molecular weight excluding hydrogens is 348 g/mol. The van der Waals surface area contributed by atoms with Gasteiger partial charge in [0.2, 0.25) is 0 Å². The molecule has 1 fully saturated rings. The summed E-state index contributed by atoms with van der Waals surface area (Å²) in [6, 6.07) is 0. The van der Waals surface area contributed by atoms with E-state index in [-0.39, 0.29) is 33.1 Å². The van der Waals surface area contributed by atoms with Crippen molar-refractivity contribution in [1.82, 2.24) is 0 Å². The molecule has 0 bridgehead atoms. The summed E-state index contributed by atoms with van der Waals surface area (Å²) in [6.45, 7) is 16.3. The first-order valence-corrected chi connectivity index (χ1v) is 10.2. The van der Waals surface area contributed by atoms with Crippen LogP contribution in [0.2, 0.25) is 0 Å². The van der Waals surface area contributed by atoms with Crippen molar-refractivity contribution in [3.8, 4) is 12.3 Å². The fraction of sp³-hybridized carbons (Fsp3) is 0.517. The van der Waals surface area contributed by atoms with Crippen LogP contribution in [0, 0.1) is 23.2 Å². The van der Waals surface area contributed by atoms with E-state index in [0.717, 1.165) is 5.57 Å². The maximum Gasteiger partial charge on any atom is 0.0356 e. The highest BCUT2D eigenvalue weighted by molar-refractivity contribution is 5.72. The molecule has 0 aromatic carbocycles. The van der Waals surface area contributed by atoms with E-state index in [2.05, 4.69) is 56.7 Å². The Labute approximate surface area is 184 Å². The van der Waals surface area contributed by atoms with Crippen molar-refractivity contribution in [1.29, 1.82) is 0 Å². The summed E-state index contributed by atoms with van der Waals surface area (Å²) in [7, 11) is 0. The minimum Gasteiger partial charge on any atom is -0.115 e. The first kappa shape index (κ1) is 31.7. The highest BCUT2D eigenvalue weighted by atomic mass is 14.5. The van der Waals surface area contributed by atoms with Gasteiger partial charge in [-0.15, -0.1) is 6.42 Å². The monoisotopic (exact) mass is 396 g/mol. The third kappa shape index (κ3) is 6.24. The lowest BCUT2D eigenvalue weighted by atomic mass is 9.75. The van der Waals surface area contributed by atoms with E-state index in [1.807, 2.05) is 39.8 Å². The molecule has 1 saturated carbocycles. The Balaban J connectivity index is -0.000000911. The number of rotatable bonds is 2. The lowest BCUT2D eigenvalue weighted by Crippen LogP contribution is -2.17. The van der Waals surface area contributed by atoms with Crippen molar-refractivity contribution in [2.45, 2.75) is 89.5 Å². The normalized spacial score (nSPS) is 19.3. The number of allylic oxidation sites excluding steroid dienone is 11. The molecule has 0 aromatic rings. The van der Waals surface area contributed by atoms with Crippen molar-refractivity contribution < 1.29 is 0 Å². The lowest BCUT2D eigenvalue weighted by molar-refractivity contribution is 0.476. The van der Waals surface area contributed by atoms with Crippen LogP contribution >= 0.6 is 0 Å². The van der Waals surface area contributed by atoms with Crippen molar-refractivity contribution in [3.05, 3.63) is 71.4 Å². The maximum atomic E-state index is 5.94. The van der Waals surface area contributed by atoms with Gasteiger partial charge >= 0.3 is 0 Å². The molecule has 0 saturated heterocycles. The predicted molar refractivity (Wildman–Crippen MR) is 138 cm³/mol. The molecule has 3 aliphatic carbocycles. The fourth-order valence-corrected chi connectivity index (χ4v) is 4.21. The second kappa shape index (κ2) is 14.1. The summed E-state index contributed by atoms with van der Waals surface area (Å²) < 4.78 is 0. The molecule has 29 heavy (non-hydrogen) atoms. The molecular formula is C29H48. The predicted octanol–water partition coefficient (Wildman–Crippen LogP) is 9.64. The molecule has 0 aliphatic heterocycles. The van der Waals surface area contributed by atoms with Crippen molar-refractivity contribution in [2.75, 3.05) is 0 Å². The topological polar surface area (TPSA) is 0 Å². The fourth-order valence-electron chi connectivity index (χ4n) is 4.21. The third-order valence-corrected chi connectivity index (χ3v) is 5.17. The Bertz CT molecular complexity index is 687. The van der Waals surface area contributed by atoms with Crippen molar-refractivity contribution in [3.63, 3.8) is 0 Å². The zero-order valence-electron chi connectivity index (χ0n) is 17.7. The van der Waals surface area contributed by atoms with E-state index < -0.39 is 0 Å². The third-order valence-electron chi connectivity index (χ3n) is 5.17. The molecule has 0 radical (unpaired) electrons. The van der Waals surface area contributed by atoms with Gasteiger partial charge in [0.05, 0.1) is 0 Å². The average molecular weight is 397 g/mol. The van der Waals surface area contributed by atoms with E-state index in [0.29, 0.717) is 0 Å². The van der Waals surface area contributed by atoms with Gasteiger partial charge in [0.1, 0.15) is 0 Å². The maximum absolute atomic E-state index is 5.94. The summed E-state index contributed by atoms with van der Waals surface area (Å²) in [6.07, 6.45) is 26.1. The molecule has 0 unspecified atom stereocenters. The van der Waals surface area contributed by atoms with Crippen LogP contribution in [-0.2, 0) is 0 Å². The summed E-state index contributed by atoms with van der Waals surface area (Å²) in [5.74, 6) is 3.00. The zero-order chi connectivity index (χ0) is 19.8.